The second-order valence-corrected chi connectivity index (χ2v) is 6.01. The number of nitro groups is 1. The molecule has 0 radical (unpaired) electrons. The number of carbonyl (C=O) groups excluding carboxylic acids is 1. The Balaban J connectivity index is 2.28. The van der Waals surface area contributed by atoms with Crippen LogP contribution >= 0.6 is 0 Å². The summed E-state index contributed by atoms with van der Waals surface area (Å²) in [5.74, 6) is -0.199. The predicted molar refractivity (Wildman–Crippen MR) is 78.2 cm³/mol. The Labute approximate surface area is 123 Å². The van der Waals surface area contributed by atoms with Crippen LogP contribution in [0.5, 0.6) is 0 Å². The molecule has 1 aromatic carbocycles. The quantitative estimate of drug-likeness (QED) is 0.683. The van der Waals surface area contributed by atoms with Gasteiger partial charge in [-0.25, -0.2) is 0 Å². The van der Waals surface area contributed by atoms with Gasteiger partial charge in [-0.15, -0.1) is 0 Å². The summed E-state index contributed by atoms with van der Waals surface area (Å²) in [6.45, 7) is 4.68. The van der Waals surface area contributed by atoms with E-state index in [0.29, 0.717) is 24.2 Å². The van der Waals surface area contributed by atoms with Gasteiger partial charge < -0.3 is 10.0 Å². The Morgan fingerprint density at radius 1 is 1.52 bits per heavy atom. The summed E-state index contributed by atoms with van der Waals surface area (Å²) in [5.41, 5.74) is 0.431. The van der Waals surface area contributed by atoms with Crippen LogP contribution in [0.4, 0.5) is 5.69 Å². The molecule has 114 valence electrons. The molecule has 1 aliphatic rings. The number of hydrogen-bond donors (Lipinski definition) is 1. The fourth-order valence-electron chi connectivity index (χ4n) is 2.84. The van der Waals surface area contributed by atoms with Gasteiger partial charge in [0.15, 0.2) is 0 Å². The van der Waals surface area contributed by atoms with Crippen LogP contribution in [0.3, 0.4) is 0 Å². The summed E-state index contributed by atoms with van der Waals surface area (Å²) in [6.07, 6.45) is 1.71. The second-order valence-electron chi connectivity index (χ2n) is 6.01. The first-order chi connectivity index (χ1) is 9.88. The maximum absolute atomic E-state index is 12.6. The lowest BCUT2D eigenvalue weighted by molar-refractivity contribution is -0.385. The summed E-state index contributed by atoms with van der Waals surface area (Å²) in [7, 11) is 0. The molecule has 0 spiro atoms. The molecule has 1 heterocycles. The minimum atomic E-state index is -0.472. The third-order valence-electron chi connectivity index (χ3n) is 4.18. The SMILES string of the molecule is Cc1c(C(=O)N2CCC[C@@](C)(CO)C2)cccc1[N+](=O)[O-]. The van der Waals surface area contributed by atoms with Crippen molar-refractivity contribution in [1.82, 2.24) is 4.90 Å². The van der Waals surface area contributed by atoms with Crippen LogP contribution in [0.15, 0.2) is 18.2 Å². The molecule has 1 amide bonds. The molecule has 0 saturated carbocycles. The number of piperidine rings is 1. The van der Waals surface area contributed by atoms with E-state index in [-0.39, 0.29) is 23.6 Å². The second kappa shape index (κ2) is 5.81. The summed E-state index contributed by atoms with van der Waals surface area (Å²) < 4.78 is 0. The summed E-state index contributed by atoms with van der Waals surface area (Å²) >= 11 is 0. The largest absolute Gasteiger partial charge is 0.396 e. The number of aliphatic hydroxyl groups excluding tert-OH is 1. The minimum Gasteiger partial charge on any atom is -0.396 e. The van der Waals surface area contributed by atoms with Crippen LogP contribution in [-0.4, -0.2) is 40.5 Å². The van der Waals surface area contributed by atoms with Crippen molar-refractivity contribution in [2.75, 3.05) is 19.7 Å². The molecule has 0 bridgehead atoms. The molecule has 1 aromatic rings. The van der Waals surface area contributed by atoms with E-state index in [4.69, 9.17) is 0 Å². The van der Waals surface area contributed by atoms with E-state index >= 15 is 0 Å². The van der Waals surface area contributed by atoms with Gasteiger partial charge in [-0.3, -0.25) is 14.9 Å². The van der Waals surface area contributed by atoms with Gasteiger partial charge in [0.25, 0.3) is 11.6 Å². The van der Waals surface area contributed by atoms with Gasteiger partial charge in [0.1, 0.15) is 0 Å². The molecule has 1 N–H and O–H groups in total. The smallest absolute Gasteiger partial charge is 0.273 e. The molecular weight excluding hydrogens is 272 g/mol. The number of nitro benzene ring substituents is 1. The first kappa shape index (κ1) is 15.4. The van der Waals surface area contributed by atoms with Crippen molar-refractivity contribution in [2.45, 2.75) is 26.7 Å². The van der Waals surface area contributed by atoms with Gasteiger partial charge in [0, 0.05) is 35.7 Å². The van der Waals surface area contributed by atoms with Crippen molar-refractivity contribution >= 4 is 11.6 Å². The summed E-state index contributed by atoms with van der Waals surface area (Å²) in [5, 5.41) is 20.4. The molecule has 1 aliphatic heterocycles. The first-order valence-corrected chi connectivity index (χ1v) is 7.02. The molecule has 1 atom stereocenters. The predicted octanol–water partition coefficient (Wildman–Crippen LogP) is 2.14. The average molecular weight is 292 g/mol. The van der Waals surface area contributed by atoms with Crippen LogP contribution in [0.25, 0.3) is 0 Å². The van der Waals surface area contributed by atoms with Crippen molar-refractivity contribution in [2.24, 2.45) is 5.41 Å². The number of benzene rings is 1. The Hall–Kier alpha value is -1.95. The van der Waals surface area contributed by atoms with Crippen molar-refractivity contribution in [3.63, 3.8) is 0 Å². The zero-order chi connectivity index (χ0) is 15.6. The molecule has 6 heteroatoms. The lowest BCUT2D eigenvalue weighted by Crippen LogP contribution is -2.46. The Kier molecular flexibility index (Phi) is 4.27. The van der Waals surface area contributed by atoms with Gasteiger partial charge in [-0.1, -0.05) is 13.0 Å². The van der Waals surface area contributed by atoms with Crippen LogP contribution in [-0.2, 0) is 0 Å². The van der Waals surface area contributed by atoms with Crippen molar-refractivity contribution < 1.29 is 14.8 Å². The van der Waals surface area contributed by atoms with Crippen LogP contribution < -0.4 is 0 Å². The maximum atomic E-state index is 12.6. The van der Waals surface area contributed by atoms with Gasteiger partial charge >= 0.3 is 0 Å². The lowest BCUT2D eigenvalue weighted by Gasteiger charge is -2.39. The van der Waals surface area contributed by atoms with Crippen molar-refractivity contribution in [1.29, 1.82) is 0 Å². The minimum absolute atomic E-state index is 0.0324. The highest BCUT2D eigenvalue weighted by Crippen LogP contribution is 2.30. The first-order valence-electron chi connectivity index (χ1n) is 7.02. The van der Waals surface area contributed by atoms with Gasteiger partial charge in [-0.05, 0) is 25.8 Å². The molecule has 0 aromatic heterocycles. The number of carbonyl (C=O) groups is 1. The zero-order valence-electron chi connectivity index (χ0n) is 12.3. The van der Waals surface area contributed by atoms with Crippen LogP contribution in [0, 0.1) is 22.5 Å². The summed E-state index contributed by atoms with van der Waals surface area (Å²) in [6, 6.07) is 4.56. The van der Waals surface area contributed by atoms with E-state index in [9.17, 15) is 20.0 Å². The Morgan fingerprint density at radius 3 is 2.86 bits per heavy atom. The van der Waals surface area contributed by atoms with E-state index < -0.39 is 4.92 Å². The van der Waals surface area contributed by atoms with Crippen molar-refractivity contribution in [3.05, 3.63) is 39.4 Å². The molecule has 0 aliphatic carbocycles. The van der Waals surface area contributed by atoms with Gasteiger partial charge in [-0.2, -0.15) is 0 Å². The van der Waals surface area contributed by atoms with E-state index in [1.165, 1.54) is 12.1 Å². The molecular formula is C15H20N2O4. The lowest BCUT2D eigenvalue weighted by atomic mass is 9.82. The van der Waals surface area contributed by atoms with Gasteiger partial charge in [0.05, 0.1) is 11.5 Å². The standard InChI is InChI=1S/C15H20N2O4/c1-11-12(5-3-6-13(11)17(20)21)14(19)16-8-4-7-15(2,9-16)10-18/h3,5-6,18H,4,7-10H2,1-2H3/t15-/m1/s1. The highest BCUT2D eigenvalue weighted by Gasteiger charge is 2.33. The number of likely N-dealkylation sites (tertiary alicyclic amines) is 1. The number of nitrogens with zero attached hydrogens (tertiary/aromatic N) is 2. The molecule has 21 heavy (non-hydrogen) atoms. The third kappa shape index (κ3) is 3.05. The maximum Gasteiger partial charge on any atom is 0.273 e. The van der Waals surface area contributed by atoms with Crippen LogP contribution in [0.1, 0.15) is 35.7 Å². The highest BCUT2D eigenvalue weighted by atomic mass is 16.6. The van der Waals surface area contributed by atoms with E-state index in [0.717, 1.165) is 12.8 Å². The monoisotopic (exact) mass is 292 g/mol. The number of amides is 1. The normalized spacial score (nSPS) is 22.1. The molecule has 1 saturated heterocycles. The Morgan fingerprint density at radius 2 is 2.24 bits per heavy atom. The van der Waals surface area contributed by atoms with E-state index in [2.05, 4.69) is 0 Å². The summed E-state index contributed by atoms with van der Waals surface area (Å²) in [4.78, 5) is 24.8. The highest BCUT2D eigenvalue weighted by molar-refractivity contribution is 5.96. The van der Waals surface area contributed by atoms with Gasteiger partial charge in [0.2, 0.25) is 0 Å². The number of hydrogen-bond acceptors (Lipinski definition) is 4. The van der Waals surface area contributed by atoms with E-state index in [1.807, 2.05) is 6.92 Å². The van der Waals surface area contributed by atoms with Crippen molar-refractivity contribution in [3.8, 4) is 0 Å². The zero-order valence-corrected chi connectivity index (χ0v) is 12.3. The molecule has 1 fully saturated rings. The molecule has 0 unspecified atom stereocenters. The topological polar surface area (TPSA) is 83.7 Å². The average Bonchev–Trinajstić information content (AvgIpc) is 2.46. The molecule has 2 rings (SSSR count). The number of rotatable bonds is 3. The Bertz CT molecular complexity index is 573. The molecule has 6 nitrogen and oxygen atoms in total. The third-order valence-corrected chi connectivity index (χ3v) is 4.18. The fourth-order valence-corrected chi connectivity index (χ4v) is 2.84. The van der Waals surface area contributed by atoms with E-state index in [1.54, 1.807) is 17.9 Å². The number of aliphatic hydroxyl groups is 1. The van der Waals surface area contributed by atoms with Crippen LogP contribution in [0.2, 0.25) is 0 Å². The fraction of sp³-hybridized carbons (Fsp3) is 0.533.